The average molecular weight is 232 g/mol. The molecule has 0 aromatic carbocycles. The van der Waals surface area contributed by atoms with Gasteiger partial charge in [-0.2, -0.15) is 8.42 Å². The quantitative estimate of drug-likeness (QED) is 0.555. The third-order valence-electron chi connectivity index (χ3n) is 2.14. The Morgan fingerprint density at radius 3 is 2.21 bits per heavy atom. The minimum atomic E-state index is -3.03. The monoisotopic (exact) mass is 232 g/mol. The van der Waals surface area contributed by atoms with Gasteiger partial charge >= 0.3 is 35.8 Å². The van der Waals surface area contributed by atoms with Gasteiger partial charge in [0.25, 0.3) is 0 Å². The first-order chi connectivity index (χ1) is 5.87. The van der Waals surface area contributed by atoms with E-state index in [1.165, 1.54) is 0 Å². The molecule has 0 heterocycles. The molecule has 0 saturated carbocycles. The van der Waals surface area contributed by atoms with Crippen molar-refractivity contribution in [1.29, 1.82) is 0 Å². The molecule has 0 radical (unpaired) electrons. The maximum atomic E-state index is 10.8. The molecule has 0 bridgehead atoms. The molecular formula is C7H17LiO4SSi. The van der Waals surface area contributed by atoms with Crippen LogP contribution in [0.15, 0.2) is 0 Å². The van der Waals surface area contributed by atoms with Crippen LogP contribution in [0.4, 0.5) is 0 Å². The van der Waals surface area contributed by atoms with Crippen LogP contribution in [-0.4, -0.2) is 41.3 Å². The fourth-order valence-corrected chi connectivity index (χ4v) is 2.24. The van der Waals surface area contributed by atoms with Crippen molar-refractivity contribution in [1.82, 2.24) is 0 Å². The van der Waals surface area contributed by atoms with Crippen LogP contribution in [0.5, 0.6) is 0 Å². The van der Waals surface area contributed by atoms with Crippen molar-refractivity contribution < 1.29 is 17.4 Å². The zero-order chi connectivity index (χ0) is 10.5. The molecule has 0 amide bonds. The normalized spacial score (nSPS) is 10.9. The molecule has 0 aromatic rings. The summed E-state index contributed by atoms with van der Waals surface area (Å²) < 4.78 is 24.0. The van der Waals surface area contributed by atoms with Gasteiger partial charge in [0.2, 0.25) is 0 Å². The van der Waals surface area contributed by atoms with E-state index in [1.54, 1.807) is 0 Å². The number of rotatable bonds is 5. The fourth-order valence-electron chi connectivity index (χ4n) is 0.746. The van der Waals surface area contributed by atoms with E-state index in [0.29, 0.717) is 0 Å². The Morgan fingerprint density at radius 1 is 1.36 bits per heavy atom. The van der Waals surface area contributed by atoms with Crippen molar-refractivity contribution in [2.75, 3.05) is 0 Å². The van der Waals surface area contributed by atoms with Crippen LogP contribution in [0.25, 0.3) is 0 Å². The van der Waals surface area contributed by atoms with Gasteiger partial charge in [-0.05, 0) is 6.04 Å². The summed E-state index contributed by atoms with van der Waals surface area (Å²) in [5, 5.41) is 0. The molecule has 0 fully saturated rings. The summed E-state index contributed by atoms with van der Waals surface area (Å²) in [5.41, 5.74) is 0. The van der Waals surface area contributed by atoms with E-state index in [1.807, 2.05) is 0 Å². The van der Waals surface area contributed by atoms with Crippen LogP contribution >= 0.6 is 0 Å². The second kappa shape index (κ2) is 7.52. The average Bonchev–Trinajstić information content (AvgIpc) is 2.00. The number of thiol groups is 1. The maximum absolute atomic E-state index is 10.8. The molecule has 0 rings (SSSR count). The molecule has 0 atom stereocenters. The Bertz CT molecular complexity index is 244. The van der Waals surface area contributed by atoms with Gasteiger partial charge < -0.3 is 4.18 Å². The Hall–Kier alpha value is 0.234. The Labute approximate surface area is 99.7 Å². The van der Waals surface area contributed by atoms with Crippen molar-refractivity contribution >= 4 is 43.9 Å². The number of hydrogen-bond donors (Lipinski definition) is 1. The van der Waals surface area contributed by atoms with E-state index >= 15 is 0 Å². The molecule has 0 aliphatic heterocycles. The summed E-state index contributed by atoms with van der Waals surface area (Å²) in [4.78, 5) is 10.8. The van der Waals surface area contributed by atoms with E-state index in [4.69, 9.17) is 0 Å². The van der Waals surface area contributed by atoms with Gasteiger partial charge in [-0.1, -0.05) is 26.1 Å². The first-order valence-corrected chi connectivity index (χ1v) is 8.73. The standard InChI is InChI=1S/C7H16O4SSi.Li.H/c1-4-13(2,3)6-5-7(8)11-12(9)10;;/h12H,4-6H2,1-3H3;;. The van der Waals surface area contributed by atoms with Crippen molar-refractivity contribution in [3.8, 4) is 0 Å². The Kier molecular flexibility index (Phi) is 8.94. The molecule has 0 spiro atoms. The van der Waals surface area contributed by atoms with Gasteiger partial charge in [0.1, 0.15) is 0 Å². The van der Waals surface area contributed by atoms with E-state index in [0.717, 1.165) is 12.1 Å². The summed E-state index contributed by atoms with van der Waals surface area (Å²) in [6.07, 6.45) is 0.219. The fraction of sp³-hybridized carbons (Fsp3) is 0.857. The Morgan fingerprint density at radius 2 is 1.86 bits per heavy atom. The van der Waals surface area contributed by atoms with Crippen LogP contribution in [-0.2, 0) is 20.0 Å². The van der Waals surface area contributed by atoms with Gasteiger partial charge in [0.05, 0.1) is 0 Å². The van der Waals surface area contributed by atoms with Crippen LogP contribution in [0.3, 0.4) is 0 Å². The topological polar surface area (TPSA) is 60.4 Å². The first kappa shape index (κ1) is 16.7. The van der Waals surface area contributed by atoms with Gasteiger partial charge in [-0.15, -0.1) is 0 Å². The summed E-state index contributed by atoms with van der Waals surface area (Å²) in [5.74, 6) is -0.634. The molecule has 14 heavy (non-hydrogen) atoms. The van der Waals surface area contributed by atoms with Crippen molar-refractivity contribution in [2.24, 2.45) is 0 Å². The molecule has 0 aliphatic rings. The second-order valence-corrected chi connectivity index (χ2v) is 9.87. The van der Waals surface area contributed by atoms with E-state index < -0.39 is 25.0 Å². The van der Waals surface area contributed by atoms with Crippen LogP contribution in [0.1, 0.15) is 13.3 Å². The van der Waals surface area contributed by atoms with E-state index in [9.17, 15) is 13.2 Å². The van der Waals surface area contributed by atoms with Crippen molar-refractivity contribution in [2.45, 2.75) is 38.5 Å². The number of carbonyl (C=O) groups is 1. The Balaban J connectivity index is 0. The van der Waals surface area contributed by atoms with Crippen LogP contribution in [0.2, 0.25) is 25.2 Å². The predicted molar refractivity (Wildman–Crippen MR) is 60.9 cm³/mol. The van der Waals surface area contributed by atoms with Crippen LogP contribution in [0, 0.1) is 0 Å². The van der Waals surface area contributed by atoms with Gasteiger partial charge in [0.15, 0.2) is 0 Å². The van der Waals surface area contributed by atoms with Gasteiger partial charge in [0, 0.05) is 14.5 Å². The summed E-state index contributed by atoms with van der Waals surface area (Å²) in [6, 6.07) is 1.87. The zero-order valence-corrected chi connectivity index (χ0v) is 10.1. The van der Waals surface area contributed by atoms with Crippen molar-refractivity contribution in [3.63, 3.8) is 0 Å². The summed E-state index contributed by atoms with van der Waals surface area (Å²) >= 11 is 0. The first-order valence-electron chi connectivity index (χ1n) is 4.22. The number of hydrogen-bond acceptors (Lipinski definition) is 4. The molecule has 0 unspecified atom stereocenters. The van der Waals surface area contributed by atoms with Crippen molar-refractivity contribution in [3.05, 3.63) is 0 Å². The molecular weight excluding hydrogens is 215 g/mol. The molecule has 4 nitrogen and oxygen atoms in total. The third-order valence-corrected chi connectivity index (χ3v) is 6.01. The predicted octanol–water partition coefficient (Wildman–Crippen LogP) is 0.526. The summed E-state index contributed by atoms with van der Waals surface area (Å²) in [6.45, 7) is 6.42. The zero-order valence-electron chi connectivity index (χ0n) is 8.20. The number of carbonyl (C=O) groups excluding carboxylic acids is 1. The molecule has 0 aliphatic carbocycles. The van der Waals surface area contributed by atoms with E-state index in [-0.39, 0.29) is 25.3 Å². The van der Waals surface area contributed by atoms with E-state index in [2.05, 4.69) is 24.2 Å². The molecule has 7 heteroatoms. The third kappa shape index (κ3) is 8.82. The molecule has 80 valence electrons. The van der Waals surface area contributed by atoms with Crippen LogP contribution < -0.4 is 0 Å². The second-order valence-electron chi connectivity index (χ2n) is 3.70. The van der Waals surface area contributed by atoms with Gasteiger partial charge in [-0.3, -0.25) is 4.79 Å². The minimum absolute atomic E-state index is 0. The molecule has 0 aromatic heterocycles. The summed E-state index contributed by atoms with van der Waals surface area (Å²) in [7, 11) is -4.31. The molecule has 0 saturated heterocycles. The SMILES string of the molecule is CC[Si](C)(C)CCC(=O)O[SH](=O)=O.[LiH]. The molecule has 0 N–H and O–H groups in total. The van der Waals surface area contributed by atoms with Gasteiger partial charge in [-0.25, -0.2) is 0 Å².